The normalized spacial score (nSPS) is 19.6. The number of carbonyl (C=O) groups is 1. The van der Waals surface area contributed by atoms with E-state index in [2.05, 4.69) is 43.4 Å². The molecule has 0 saturated heterocycles. The minimum atomic E-state index is -0.0658. The van der Waals surface area contributed by atoms with Crippen molar-refractivity contribution in [3.8, 4) is 0 Å². The Morgan fingerprint density at radius 2 is 2.11 bits per heavy atom. The molecule has 3 heteroatoms. The molecule has 1 aliphatic heterocycles. The van der Waals surface area contributed by atoms with Crippen molar-refractivity contribution in [1.82, 2.24) is 10.2 Å². The summed E-state index contributed by atoms with van der Waals surface area (Å²) in [5.74, 6) is 0.777. The highest BCUT2D eigenvalue weighted by Gasteiger charge is 2.26. The summed E-state index contributed by atoms with van der Waals surface area (Å²) in [7, 11) is 1.91. The molecule has 1 aromatic rings. The number of amides is 1. The van der Waals surface area contributed by atoms with Gasteiger partial charge < -0.3 is 10.2 Å². The van der Waals surface area contributed by atoms with Crippen molar-refractivity contribution in [2.45, 2.75) is 39.3 Å². The van der Waals surface area contributed by atoms with E-state index in [4.69, 9.17) is 0 Å². The van der Waals surface area contributed by atoms with Gasteiger partial charge in [0, 0.05) is 20.1 Å². The molecule has 1 aliphatic rings. The fraction of sp³-hybridized carbons (Fsp3) is 0.562. The number of hydrogen-bond donors (Lipinski definition) is 1. The number of rotatable bonds is 4. The van der Waals surface area contributed by atoms with Crippen LogP contribution in [0.3, 0.4) is 0 Å². The van der Waals surface area contributed by atoms with E-state index < -0.39 is 0 Å². The van der Waals surface area contributed by atoms with Crippen molar-refractivity contribution in [2.75, 3.05) is 13.6 Å². The second-order valence-corrected chi connectivity index (χ2v) is 5.64. The molecule has 0 fully saturated rings. The summed E-state index contributed by atoms with van der Waals surface area (Å²) in [4.78, 5) is 14.3. The molecule has 0 bridgehead atoms. The van der Waals surface area contributed by atoms with E-state index in [1.165, 1.54) is 11.1 Å². The van der Waals surface area contributed by atoms with E-state index in [-0.39, 0.29) is 11.9 Å². The molecule has 104 valence electrons. The van der Waals surface area contributed by atoms with Gasteiger partial charge >= 0.3 is 0 Å². The van der Waals surface area contributed by atoms with Gasteiger partial charge in [-0.15, -0.1) is 0 Å². The molecule has 1 unspecified atom stereocenters. The van der Waals surface area contributed by atoms with E-state index in [0.717, 1.165) is 25.9 Å². The Balaban J connectivity index is 1.98. The Bertz CT molecular complexity index is 444. The van der Waals surface area contributed by atoms with E-state index in [0.29, 0.717) is 5.92 Å². The fourth-order valence-corrected chi connectivity index (χ4v) is 2.58. The third-order valence-electron chi connectivity index (χ3n) is 4.04. The average Bonchev–Trinajstić information content (AvgIpc) is 2.45. The van der Waals surface area contributed by atoms with Gasteiger partial charge in [0.1, 0.15) is 0 Å². The van der Waals surface area contributed by atoms with Crippen LogP contribution in [0, 0.1) is 5.92 Å². The van der Waals surface area contributed by atoms with Crippen molar-refractivity contribution in [2.24, 2.45) is 5.92 Å². The summed E-state index contributed by atoms with van der Waals surface area (Å²) in [5, 5.41) is 3.36. The maximum absolute atomic E-state index is 12.4. The third kappa shape index (κ3) is 3.35. The smallest absolute Gasteiger partial charge is 0.239 e. The molecule has 1 amide bonds. The Hall–Kier alpha value is -1.35. The number of benzene rings is 1. The minimum absolute atomic E-state index is 0.0658. The molecule has 0 radical (unpaired) electrons. The number of hydrogen-bond acceptors (Lipinski definition) is 2. The predicted octanol–water partition coefficient (Wildman–Crippen LogP) is 2.21. The van der Waals surface area contributed by atoms with Crippen LogP contribution in [0.2, 0.25) is 0 Å². The summed E-state index contributed by atoms with van der Waals surface area (Å²) < 4.78 is 0. The first-order valence-electron chi connectivity index (χ1n) is 7.17. The molecule has 0 saturated carbocycles. The molecule has 0 aromatic heterocycles. The number of fused-ring (bicyclic) bond motifs is 1. The summed E-state index contributed by atoms with van der Waals surface area (Å²) in [6.07, 6.45) is 1.92. The predicted molar refractivity (Wildman–Crippen MR) is 77.9 cm³/mol. The largest absolute Gasteiger partial charge is 0.344 e. The van der Waals surface area contributed by atoms with Gasteiger partial charge in [0.15, 0.2) is 0 Å². The highest BCUT2D eigenvalue weighted by Crippen LogP contribution is 2.17. The Kier molecular flexibility index (Phi) is 4.59. The summed E-state index contributed by atoms with van der Waals surface area (Å²) in [5.41, 5.74) is 2.62. The molecule has 3 nitrogen and oxygen atoms in total. The van der Waals surface area contributed by atoms with Gasteiger partial charge in [0.25, 0.3) is 0 Å². The zero-order valence-corrected chi connectivity index (χ0v) is 12.1. The van der Waals surface area contributed by atoms with Crippen molar-refractivity contribution in [1.29, 1.82) is 0 Å². The van der Waals surface area contributed by atoms with Crippen LogP contribution in [0.1, 0.15) is 31.4 Å². The molecule has 2 rings (SSSR count). The molecular formula is C16H24N2O. The lowest BCUT2D eigenvalue weighted by atomic mass is 9.95. The molecule has 1 heterocycles. The quantitative estimate of drug-likeness (QED) is 0.900. The highest BCUT2D eigenvalue weighted by molar-refractivity contribution is 5.82. The fourth-order valence-electron chi connectivity index (χ4n) is 2.58. The first-order valence-corrected chi connectivity index (χ1v) is 7.17. The van der Waals surface area contributed by atoms with E-state index in [1.54, 1.807) is 0 Å². The summed E-state index contributed by atoms with van der Waals surface area (Å²) in [6.45, 7) is 5.99. The molecule has 0 aliphatic carbocycles. The molecule has 1 N–H and O–H groups in total. The maximum atomic E-state index is 12.4. The van der Waals surface area contributed by atoms with Crippen LogP contribution in [0.15, 0.2) is 24.3 Å². The van der Waals surface area contributed by atoms with Crippen molar-refractivity contribution < 1.29 is 4.79 Å². The second kappa shape index (κ2) is 6.20. The average molecular weight is 260 g/mol. The Labute approximate surface area is 116 Å². The summed E-state index contributed by atoms with van der Waals surface area (Å²) in [6, 6.07) is 8.30. The van der Waals surface area contributed by atoms with Crippen LogP contribution in [-0.2, 0) is 17.8 Å². The van der Waals surface area contributed by atoms with Gasteiger partial charge in [-0.3, -0.25) is 4.79 Å². The molecule has 2 atom stereocenters. The van der Waals surface area contributed by atoms with Crippen LogP contribution >= 0.6 is 0 Å². The van der Waals surface area contributed by atoms with E-state index in [9.17, 15) is 4.79 Å². The van der Waals surface area contributed by atoms with Crippen LogP contribution < -0.4 is 5.32 Å². The van der Waals surface area contributed by atoms with Gasteiger partial charge in [-0.25, -0.2) is 0 Å². The van der Waals surface area contributed by atoms with Crippen LogP contribution in [-0.4, -0.2) is 30.4 Å². The summed E-state index contributed by atoms with van der Waals surface area (Å²) >= 11 is 0. The molecule has 1 aromatic carbocycles. The number of nitrogens with one attached hydrogen (secondary N) is 1. The molecule has 19 heavy (non-hydrogen) atoms. The lowest BCUT2D eigenvalue weighted by molar-refractivity contribution is -0.132. The highest BCUT2D eigenvalue weighted by atomic mass is 16.2. The monoisotopic (exact) mass is 260 g/mol. The van der Waals surface area contributed by atoms with Crippen molar-refractivity contribution >= 4 is 5.91 Å². The zero-order valence-electron chi connectivity index (χ0n) is 12.1. The second-order valence-electron chi connectivity index (χ2n) is 5.64. The van der Waals surface area contributed by atoms with Gasteiger partial charge in [-0.2, -0.15) is 0 Å². The topological polar surface area (TPSA) is 32.3 Å². The van der Waals surface area contributed by atoms with Crippen molar-refractivity contribution in [3.63, 3.8) is 0 Å². The number of nitrogens with zero attached hydrogens (tertiary/aromatic N) is 1. The van der Waals surface area contributed by atoms with E-state index in [1.807, 2.05) is 11.9 Å². The number of carbonyl (C=O) groups excluding carboxylic acids is 1. The van der Waals surface area contributed by atoms with Gasteiger partial charge in [0.05, 0.1) is 6.04 Å². The van der Waals surface area contributed by atoms with Gasteiger partial charge in [-0.05, 0) is 23.5 Å². The van der Waals surface area contributed by atoms with Crippen LogP contribution in [0.5, 0.6) is 0 Å². The Morgan fingerprint density at radius 1 is 1.42 bits per heavy atom. The third-order valence-corrected chi connectivity index (χ3v) is 4.04. The SMILES string of the molecule is CCC(C)CN(C)C(=O)[C@@H]1Cc2ccccc2CN1. The molecular weight excluding hydrogens is 236 g/mol. The van der Waals surface area contributed by atoms with Crippen LogP contribution in [0.25, 0.3) is 0 Å². The molecule has 0 spiro atoms. The van der Waals surface area contributed by atoms with Crippen LogP contribution in [0.4, 0.5) is 0 Å². The Morgan fingerprint density at radius 3 is 2.79 bits per heavy atom. The zero-order chi connectivity index (χ0) is 13.8. The lowest BCUT2D eigenvalue weighted by Crippen LogP contribution is -2.49. The van der Waals surface area contributed by atoms with Crippen molar-refractivity contribution in [3.05, 3.63) is 35.4 Å². The lowest BCUT2D eigenvalue weighted by Gasteiger charge is -2.30. The standard InChI is InChI=1S/C16H24N2O/c1-4-12(2)11-18(3)16(19)15-9-13-7-5-6-8-14(13)10-17-15/h5-8,12,15,17H,4,9-11H2,1-3H3/t12?,15-/m0/s1. The first kappa shape index (κ1) is 14.1. The first-order chi connectivity index (χ1) is 9.11. The van der Waals surface area contributed by atoms with E-state index >= 15 is 0 Å². The van der Waals surface area contributed by atoms with Gasteiger partial charge in [-0.1, -0.05) is 44.5 Å². The minimum Gasteiger partial charge on any atom is -0.344 e. The number of likely N-dealkylation sites (N-methyl/N-ethyl adjacent to an activating group) is 1. The van der Waals surface area contributed by atoms with Gasteiger partial charge in [0.2, 0.25) is 5.91 Å². The maximum Gasteiger partial charge on any atom is 0.239 e.